The first-order chi connectivity index (χ1) is 41.2. The zero-order valence-corrected chi connectivity index (χ0v) is 54.7. The first-order valence-corrected chi connectivity index (χ1v) is 35.1. The van der Waals surface area contributed by atoms with Crippen molar-refractivity contribution in [2.24, 2.45) is 67.5 Å². The molecule has 5 heterocycles. The van der Waals surface area contributed by atoms with Crippen LogP contribution in [0.1, 0.15) is 249 Å². The van der Waals surface area contributed by atoms with E-state index < -0.39 is 73.8 Å². The Labute approximate surface area is 518 Å². The zero-order chi connectivity index (χ0) is 61.4. The monoisotopic (exact) mass is 1190 g/mol. The number of carbonyl (C=O) groups excluding carboxylic acids is 3. The van der Waals surface area contributed by atoms with Crippen molar-refractivity contribution in [2.45, 2.75) is 270 Å². The van der Waals surface area contributed by atoms with Crippen LogP contribution in [0.25, 0.3) is 11.0 Å². The van der Waals surface area contributed by atoms with Gasteiger partial charge in [0.15, 0.2) is 5.78 Å². The van der Waals surface area contributed by atoms with E-state index in [0.717, 1.165) is 114 Å². The van der Waals surface area contributed by atoms with Gasteiger partial charge in [0.25, 0.3) is 0 Å². The quantitative estimate of drug-likeness (QED) is 0.0953. The van der Waals surface area contributed by atoms with E-state index in [1.165, 1.54) is 24.8 Å². The molecule has 2 saturated heterocycles. The summed E-state index contributed by atoms with van der Waals surface area (Å²) in [5.74, 6) is -0.304. The van der Waals surface area contributed by atoms with Crippen LogP contribution in [0.5, 0.6) is 0 Å². The SMILES string of the molecule is CNCCC1(C)C(=O)CC2(CCC(O)C2)C2(C)C1C1(CCCC1)CC1(C)C2C(O)C2Cn3cc(C4C(=O)C(CCC(C)C)Cc5c4cc(C4CCCCC4)cc5C4(O)CCOCC4)c4[nH]cc(c43)CCC(C)(CC(O)C3OC3(C)C)C3=C2C1(C)CC3=O. The van der Waals surface area contributed by atoms with Crippen LogP contribution in [0.15, 0.2) is 35.7 Å². The molecule has 87 heavy (non-hydrogen) atoms. The molecule has 8 aliphatic carbocycles. The minimum Gasteiger partial charge on any atom is -0.393 e. The summed E-state index contributed by atoms with van der Waals surface area (Å²) in [5.41, 5.74) is 4.63. The van der Waals surface area contributed by atoms with Crippen LogP contribution in [0.2, 0.25) is 0 Å². The van der Waals surface area contributed by atoms with Crippen molar-refractivity contribution < 1.29 is 44.3 Å². The molecule has 15 atom stereocenters. The van der Waals surface area contributed by atoms with E-state index in [0.29, 0.717) is 115 Å². The van der Waals surface area contributed by atoms with Crippen molar-refractivity contribution >= 4 is 28.4 Å². The third kappa shape index (κ3) is 8.87. The third-order valence-electron chi connectivity index (χ3n) is 28.2. The summed E-state index contributed by atoms with van der Waals surface area (Å²) >= 11 is 0. The van der Waals surface area contributed by atoms with Gasteiger partial charge < -0.3 is 44.8 Å². The number of hydrogen-bond donors (Lipinski definition) is 6. The van der Waals surface area contributed by atoms with Gasteiger partial charge >= 0.3 is 0 Å². The lowest BCUT2D eigenvalue weighted by Gasteiger charge is -2.78. The number of ether oxygens (including phenoxy) is 2. The van der Waals surface area contributed by atoms with E-state index in [9.17, 15) is 20.4 Å². The highest BCUT2D eigenvalue weighted by Crippen LogP contribution is 2.84. The molecule has 2 aromatic heterocycles. The molecule has 0 bridgehead atoms. The second-order valence-electron chi connectivity index (χ2n) is 33.8. The molecule has 12 heteroatoms. The lowest BCUT2D eigenvalue weighted by molar-refractivity contribution is -0.300. The number of ketones is 3. The fourth-order valence-electron chi connectivity index (χ4n) is 24.1. The summed E-state index contributed by atoms with van der Waals surface area (Å²) in [4.78, 5) is 52.0. The highest BCUT2D eigenvalue weighted by Gasteiger charge is 2.81. The minimum absolute atomic E-state index is 0.0510. The number of aliphatic hydroxyl groups excluding tert-OH is 3. The van der Waals surface area contributed by atoms with Gasteiger partial charge in [0.1, 0.15) is 17.7 Å². The van der Waals surface area contributed by atoms with Crippen LogP contribution < -0.4 is 5.32 Å². The van der Waals surface area contributed by atoms with E-state index in [-0.39, 0.29) is 40.8 Å². The summed E-state index contributed by atoms with van der Waals surface area (Å²) in [5, 5.41) is 55.8. The van der Waals surface area contributed by atoms with E-state index >= 15 is 14.4 Å². The van der Waals surface area contributed by atoms with Crippen LogP contribution in [0.3, 0.4) is 0 Å². The predicted octanol–water partition coefficient (Wildman–Crippen LogP) is 12.8. The maximum atomic E-state index is 16.3. The summed E-state index contributed by atoms with van der Waals surface area (Å²) in [6, 6.07) is 4.75. The Hall–Kier alpha value is -3.49. The van der Waals surface area contributed by atoms with E-state index in [4.69, 9.17) is 9.47 Å². The molecule has 1 aromatic carbocycles. The Balaban J connectivity index is 0.997. The number of nitrogens with one attached hydrogen (secondary N) is 2. The average Bonchev–Trinajstić information content (AvgIpc) is 1.63. The van der Waals surface area contributed by atoms with Crippen LogP contribution in [0, 0.1) is 67.5 Å². The zero-order valence-electron chi connectivity index (χ0n) is 54.7. The fraction of sp³-hybridized carbons (Fsp3) is 0.773. The normalized spacial score (nSPS) is 40.7. The van der Waals surface area contributed by atoms with Gasteiger partial charge in [-0.2, -0.15) is 0 Å². The number of aromatic amines is 1. The van der Waals surface area contributed by atoms with Crippen molar-refractivity contribution in [3.63, 3.8) is 0 Å². The number of fused-ring (bicyclic) bond motifs is 7. The van der Waals surface area contributed by atoms with Gasteiger partial charge in [-0.15, -0.1) is 0 Å². The summed E-state index contributed by atoms with van der Waals surface area (Å²) in [7, 11) is 1.99. The molecule has 15 unspecified atom stereocenters. The van der Waals surface area contributed by atoms with Gasteiger partial charge in [-0.05, 0) is 201 Å². The molecule has 6 saturated carbocycles. The van der Waals surface area contributed by atoms with Gasteiger partial charge in [-0.3, -0.25) is 14.4 Å². The molecule has 12 nitrogen and oxygen atoms in total. The number of allylic oxidation sites excluding steroid dienone is 1. The third-order valence-corrected chi connectivity index (χ3v) is 28.2. The molecule has 3 aliphatic heterocycles. The van der Waals surface area contributed by atoms with Gasteiger partial charge in [-0.25, -0.2) is 0 Å². The minimum atomic E-state index is -1.07. The molecule has 0 radical (unpaired) electrons. The largest absolute Gasteiger partial charge is 0.393 e. The number of nitrogens with zero attached hydrogens (tertiary/aromatic N) is 1. The number of aromatic nitrogens is 2. The molecule has 0 amide bonds. The second-order valence-corrected chi connectivity index (χ2v) is 33.8. The Kier molecular flexibility index (Phi) is 14.7. The smallest absolute Gasteiger partial charge is 0.160 e. The number of epoxide rings is 1. The Bertz CT molecular complexity index is 3280. The van der Waals surface area contributed by atoms with E-state index in [2.05, 4.69) is 87.9 Å². The maximum absolute atomic E-state index is 16.3. The summed E-state index contributed by atoms with van der Waals surface area (Å²) in [6.45, 7) is 22.5. The van der Waals surface area contributed by atoms with Gasteiger partial charge in [-0.1, -0.05) is 99.1 Å². The Morgan fingerprint density at radius 3 is 2.26 bits per heavy atom. The highest BCUT2D eigenvalue weighted by molar-refractivity contribution is 6.02. The molecule has 11 aliphatic rings. The molecule has 14 rings (SSSR count). The topological polar surface area (TPSA) is 187 Å². The van der Waals surface area contributed by atoms with Crippen molar-refractivity contribution in [1.29, 1.82) is 0 Å². The van der Waals surface area contributed by atoms with Gasteiger partial charge in [0.2, 0.25) is 0 Å². The number of aliphatic hydroxyl groups is 4. The Morgan fingerprint density at radius 1 is 0.874 bits per heavy atom. The number of aryl methyl sites for hydroxylation is 1. The van der Waals surface area contributed by atoms with Crippen LogP contribution >= 0.6 is 0 Å². The molecule has 8 fully saturated rings. The number of H-pyrrole nitrogens is 1. The van der Waals surface area contributed by atoms with E-state index in [1.54, 1.807) is 0 Å². The van der Waals surface area contributed by atoms with Crippen molar-refractivity contribution in [3.8, 4) is 0 Å². The first-order valence-electron chi connectivity index (χ1n) is 35.1. The molecular formula is C75H107N3O9. The van der Waals surface area contributed by atoms with Crippen LogP contribution in [0.4, 0.5) is 0 Å². The fourth-order valence-corrected chi connectivity index (χ4v) is 24.1. The summed E-state index contributed by atoms with van der Waals surface area (Å²) < 4.78 is 14.6. The average molecular weight is 1190 g/mol. The standard InChI is InChI=1S/C75H107N3O9/c1-43(2)18-19-45-32-49-50(33-47(44-16-12-11-13-17-44)34-53(49)75(85)27-30-86-31-28-75)57(62(45)83)51-40-78-41-52-58-59(68(5,36-55(81)65-67(3,4)87-65)24-20-46-39-77-60(51)61(46)78)54(80)37-70(58,7)71(8)42-73(22-14-15-23-73)66-69(6,26-29-76-10)56(82)38-74(25-21-48(79)35-74)72(66,9)64(71)63(52)84/h33-34,39-40,43-45,48,52,55,57,63-66,76-77,79,81,84-85H,11-32,35-38,41-42H2,1-10H3. The highest BCUT2D eigenvalue weighted by atomic mass is 16.6. The van der Waals surface area contributed by atoms with Crippen molar-refractivity contribution in [2.75, 3.05) is 26.8 Å². The molecule has 3 aromatic rings. The number of carbonyl (C=O) groups is 3. The lowest BCUT2D eigenvalue weighted by Crippen LogP contribution is -2.76. The predicted molar refractivity (Wildman–Crippen MR) is 338 cm³/mol. The second kappa shape index (κ2) is 21.0. The van der Waals surface area contributed by atoms with Gasteiger partial charge in [0.05, 0.1) is 46.5 Å². The maximum Gasteiger partial charge on any atom is 0.160 e. The van der Waals surface area contributed by atoms with E-state index in [1.807, 2.05) is 20.9 Å². The lowest BCUT2D eigenvalue weighted by atomic mass is 9.26. The molecule has 2 spiro atoms. The summed E-state index contributed by atoms with van der Waals surface area (Å²) in [6.07, 6.45) is 20.7. The molecule has 476 valence electrons. The first kappa shape index (κ1) is 61.0. The number of Topliss-reactive ketones (excluding diaryl/α,β-unsaturated/α-hetero) is 3. The van der Waals surface area contributed by atoms with Crippen LogP contribution in [-0.4, -0.2) is 104 Å². The number of rotatable bonds is 12. The number of hydrogen-bond acceptors (Lipinski definition) is 10. The van der Waals surface area contributed by atoms with Crippen molar-refractivity contribution in [3.05, 3.63) is 69.1 Å². The number of benzene rings is 1. The van der Waals surface area contributed by atoms with Crippen molar-refractivity contribution in [1.82, 2.24) is 14.9 Å². The Morgan fingerprint density at radius 2 is 1.60 bits per heavy atom. The molecule has 6 N–H and O–H groups in total. The van der Waals surface area contributed by atoms with Crippen LogP contribution in [-0.2, 0) is 48.8 Å². The molecular weight excluding hydrogens is 1090 g/mol. The van der Waals surface area contributed by atoms with Gasteiger partial charge in [0, 0.05) is 91.6 Å².